The van der Waals surface area contributed by atoms with Crippen molar-refractivity contribution < 1.29 is 22.1 Å². The highest BCUT2D eigenvalue weighted by Crippen LogP contribution is 1.95. The maximum absolute atomic E-state index is 10.8. The van der Waals surface area contributed by atoms with E-state index in [1.165, 1.54) is 6.92 Å². The van der Waals surface area contributed by atoms with Crippen molar-refractivity contribution in [2.45, 2.75) is 26.4 Å². The summed E-state index contributed by atoms with van der Waals surface area (Å²) in [6, 6.07) is 0. The molecule has 0 N–H and O–H groups in total. The average molecular weight is 196 g/mol. The van der Waals surface area contributed by atoms with Gasteiger partial charge in [0, 0.05) is 0 Å². The lowest BCUT2D eigenvalue weighted by Gasteiger charge is -2.06. The van der Waals surface area contributed by atoms with Crippen molar-refractivity contribution in [1.82, 2.24) is 0 Å². The Balaban J connectivity index is 3.76. The summed E-state index contributed by atoms with van der Waals surface area (Å²) in [5.74, 6) is -0.656. The van der Waals surface area contributed by atoms with E-state index in [1.54, 1.807) is 0 Å². The SMILES string of the molecule is CCCOC(=O)C(C)O[SH](=O)=O. The zero-order chi connectivity index (χ0) is 9.56. The Morgan fingerprint density at radius 2 is 2.08 bits per heavy atom. The lowest BCUT2D eigenvalue weighted by molar-refractivity contribution is -0.150. The maximum atomic E-state index is 10.8. The standard InChI is InChI=1S/C6H12O5S/c1-3-4-10-6(7)5(2)11-12(8)9/h5,12H,3-4H2,1-2H3. The van der Waals surface area contributed by atoms with Gasteiger partial charge in [0.25, 0.3) is 11.0 Å². The molecule has 0 aliphatic heterocycles. The Morgan fingerprint density at radius 1 is 1.50 bits per heavy atom. The quantitative estimate of drug-likeness (QED) is 0.490. The second-order valence-electron chi connectivity index (χ2n) is 2.14. The molecule has 0 aromatic rings. The summed E-state index contributed by atoms with van der Waals surface area (Å²) in [7, 11) is -2.99. The van der Waals surface area contributed by atoms with Crippen molar-refractivity contribution in [2.24, 2.45) is 0 Å². The number of carbonyl (C=O) groups excluding carboxylic acids is 1. The van der Waals surface area contributed by atoms with E-state index in [-0.39, 0.29) is 6.61 Å². The lowest BCUT2D eigenvalue weighted by atomic mass is 10.4. The van der Waals surface area contributed by atoms with Crippen LogP contribution in [0, 0.1) is 0 Å². The molecule has 0 aliphatic rings. The number of carbonyl (C=O) groups is 1. The number of esters is 1. The van der Waals surface area contributed by atoms with Crippen LogP contribution >= 0.6 is 0 Å². The zero-order valence-electron chi connectivity index (χ0n) is 6.98. The molecule has 0 fully saturated rings. The smallest absolute Gasteiger partial charge is 0.336 e. The van der Waals surface area contributed by atoms with Gasteiger partial charge in [0.05, 0.1) is 6.61 Å². The van der Waals surface area contributed by atoms with Gasteiger partial charge in [0.2, 0.25) is 0 Å². The minimum Gasteiger partial charge on any atom is -0.464 e. The average Bonchev–Trinajstić information content (AvgIpc) is 1.98. The monoisotopic (exact) mass is 196 g/mol. The third kappa shape index (κ3) is 5.09. The summed E-state index contributed by atoms with van der Waals surface area (Å²) < 4.78 is 28.8. The van der Waals surface area contributed by atoms with Crippen molar-refractivity contribution in [2.75, 3.05) is 6.61 Å². The molecular weight excluding hydrogens is 184 g/mol. The van der Waals surface area contributed by atoms with Crippen LogP contribution in [0.4, 0.5) is 0 Å². The van der Waals surface area contributed by atoms with Gasteiger partial charge in [-0.2, -0.15) is 0 Å². The van der Waals surface area contributed by atoms with E-state index in [0.29, 0.717) is 6.42 Å². The van der Waals surface area contributed by atoms with Crippen molar-refractivity contribution in [3.63, 3.8) is 0 Å². The first-order valence-corrected chi connectivity index (χ1v) is 4.65. The van der Waals surface area contributed by atoms with E-state index < -0.39 is 23.1 Å². The van der Waals surface area contributed by atoms with Crippen molar-refractivity contribution >= 4 is 17.0 Å². The van der Waals surface area contributed by atoms with Crippen LogP contribution in [0.2, 0.25) is 0 Å². The van der Waals surface area contributed by atoms with E-state index in [4.69, 9.17) is 0 Å². The normalized spacial score (nSPS) is 12.9. The zero-order valence-corrected chi connectivity index (χ0v) is 7.87. The molecule has 6 heteroatoms. The molecule has 0 spiro atoms. The Hall–Kier alpha value is -0.620. The molecule has 0 heterocycles. The second kappa shape index (κ2) is 5.96. The fourth-order valence-electron chi connectivity index (χ4n) is 0.492. The first kappa shape index (κ1) is 11.4. The first-order valence-electron chi connectivity index (χ1n) is 3.55. The van der Waals surface area contributed by atoms with Gasteiger partial charge in [-0.25, -0.2) is 13.2 Å². The van der Waals surface area contributed by atoms with Crippen LogP contribution < -0.4 is 0 Å². The Bertz CT molecular complexity index is 202. The van der Waals surface area contributed by atoms with Crippen molar-refractivity contribution in [3.05, 3.63) is 0 Å². The first-order chi connectivity index (χ1) is 5.57. The number of hydrogen-bond donors (Lipinski definition) is 1. The fraction of sp³-hybridized carbons (Fsp3) is 0.833. The molecule has 0 amide bonds. The Kier molecular flexibility index (Phi) is 5.65. The van der Waals surface area contributed by atoms with E-state index in [2.05, 4.69) is 8.92 Å². The Morgan fingerprint density at radius 3 is 2.50 bits per heavy atom. The molecule has 0 saturated carbocycles. The molecule has 72 valence electrons. The van der Waals surface area contributed by atoms with Crippen LogP contribution in [0.3, 0.4) is 0 Å². The third-order valence-electron chi connectivity index (χ3n) is 1.02. The predicted octanol–water partition coefficient (Wildman–Crippen LogP) is -0.129. The summed E-state index contributed by atoms with van der Waals surface area (Å²) in [6.07, 6.45) is -0.347. The molecule has 0 aliphatic carbocycles. The number of hydrogen-bond acceptors (Lipinski definition) is 5. The van der Waals surface area contributed by atoms with Crippen molar-refractivity contribution in [3.8, 4) is 0 Å². The number of thiol groups is 1. The minimum absolute atomic E-state index is 0.280. The fourth-order valence-corrected chi connectivity index (χ4v) is 0.836. The number of rotatable bonds is 5. The van der Waals surface area contributed by atoms with Crippen LogP contribution in [-0.2, 0) is 24.7 Å². The van der Waals surface area contributed by atoms with E-state index in [1.807, 2.05) is 6.92 Å². The van der Waals surface area contributed by atoms with Crippen LogP contribution in [0.1, 0.15) is 20.3 Å². The highest BCUT2D eigenvalue weighted by atomic mass is 32.2. The van der Waals surface area contributed by atoms with Gasteiger partial charge in [-0.3, -0.25) is 4.18 Å². The summed E-state index contributed by atoms with van der Waals surface area (Å²) in [5, 5.41) is 0. The molecule has 0 rings (SSSR count). The largest absolute Gasteiger partial charge is 0.464 e. The lowest BCUT2D eigenvalue weighted by Crippen LogP contribution is -2.23. The van der Waals surface area contributed by atoms with Gasteiger partial charge in [0.1, 0.15) is 0 Å². The maximum Gasteiger partial charge on any atom is 0.336 e. The highest BCUT2D eigenvalue weighted by molar-refractivity contribution is 7.67. The van der Waals surface area contributed by atoms with Gasteiger partial charge in [0.15, 0.2) is 6.10 Å². The van der Waals surface area contributed by atoms with E-state index in [0.717, 1.165) is 0 Å². The molecule has 5 nitrogen and oxygen atoms in total. The van der Waals surface area contributed by atoms with Gasteiger partial charge in [-0.1, -0.05) is 6.92 Å². The molecule has 1 atom stereocenters. The molecule has 0 radical (unpaired) electrons. The third-order valence-corrected chi connectivity index (χ3v) is 1.51. The molecule has 0 bridgehead atoms. The van der Waals surface area contributed by atoms with Crippen LogP contribution in [0.5, 0.6) is 0 Å². The molecule has 0 aromatic carbocycles. The van der Waals surface area contributed by atoms with Crippen molar-refractivity contribution in [1.29, 1.82) is 0 Å². The molecule has 1 unspecified atom stereocenters. The van der Waals surface area contributed by atoms with Crippen LogP contribution in [-0.4, -0.2) is 27.1 Å². The summed E-state index contributed by atoms with van der Waals surface area (Å²) in [4.78, 5) is 10.8. The van der Waals surface area contributed by atoms with Gasteiger partial charge in [-0.05, 0) is 13.3 Å². The minimum atomic E-state index is -2.99. The summed E-state index contributed by atoms with van der Waals surface area (Å²) in [6.45, 7) is 3.44. The van der Waals surface area contributed by atoms with Gasteiger partial charge in [-0.15, -0.1) is 0 Å². The predicted molar refractivity (Wildman–Crippen MR) is 42.1 cm³/mol. The molecule has 12 heavy (non-hydrogen) atoms. The Labute approximate surface area is 72.8 Å². The van der Waals surface area contributed by atoms with E-state index in [9.17, 15) is 13.2 Å². The highest BCUT2D eigenvalue weighted by Gasteiger charge is 2.15. The summed E-state index contributed by atoms with van der Waals surface area (Å²) in [5.41, 5.74) is 0. The van der Waals surface area contributed by atoms with Crippen LogP contribution in [0.25, 0.3) is 0 Å². The molecular formula is C6H12O5S. The van der Waals surface area contributed by atoms with Gasteiger partial charge < -0.3 is 4.74 Å². The van der Waals surface area contributed by atoms with E-state index >= 15 is 0 Å². The van der Waals surface area contributed by atoms with Gasteiger partial charge >= 0.3 is 5.97 Å². The molecule has 0 aromatic heterocycles. The topological polar surface area (TPSA) is 69.7 Å². The molecule has 0 saturated heterocycles. The van der Waals surface area contributed by atoms with Crippen LogP contribution in [0.15, 0.2) is 0 Å². The summed E-state index contributed by atoms with van der Waals surface area (Å²) >= 11 is 0. The number of ether oxygens (including phenoxy) is 1. The second-order valence-corrected chi connectivity index (χ2v) is 2.80.